The van der Waals surface area contributed by atoms with Gasteiger partial charge >= 0.3 is 0 Å². The molecule has 0 aliphatic heterocycles. The predicted molar refractivity (Wildman–Crippen MR) is 84.6 cm³/mol. The maximum absolute atomic E-state index is 5.44. The van der Waals surface area contributed by atoms with Crippen molar-refractivity contribution >= 4 is 0 Å². The fourth-order valence-corrected chi connectivity index (χ4v) is 2.56. The Morgan fingerprint density at radius 3 is 2.50 bits per heavy atom. The lowest BCUT2D eigenvalue weighted by Crippen LogP contribution is -2.22. The maximum atomic E-state index is 5.44. The summed E-state index contributed by atoms with van der Waals surface area (Å²) in [4.78, 5) is 0. The van der Waals surface area contributed by atoms with Crippen LogP contribution in [0, 0.1) is 13.8 Å². The van der Waals surface area contributed by atoms with Crippen LogP contribution in [0.4, 0.5) is 0 Å². The number of benzene rings is 1. The first-order valence-corrected chi connectivity index (χ1v) is 7.60. The molecule has 20 heavy (non-hydrogen) atoms. The summed E-state index contributed by atoms with van der Waals surface area (Å²) < 4.78 is 10.8. The molecule has 1 atom stereocenters. The summed E-state index contributed by atoms with van der Waals surface area (Å²) in [6, 6.07) is 4.78. The molecular weight excluding hydrogens is 250 g/mol. The number of methoxy groups -OCH3 is 1. The van der Waals surface area contributed by atoms with Gasteiger partial charge in [0, 0.05) is 19.3 Å². The molecule has 0 aliphatic carbocycles. The highest BCUT2D eigenvalue weighted by atomic mass is 16.5. The van der Waals surface area contributed by atoms with Crippen molar-refractivity contribution in [3.63, 3.8) is 0 Å². The van der Waals surface area contributed by atoms with Crippen molar-refractivity contribution in [3.8, 4) is 5.75 Å². The molecule has 0 amide bonds. The van der Waals surface area contributed by atoms with E-state index in [1.54, 1.807) is 7.11 Å². The summed E-state index contributed by atoms with van der Waals surface area (Å²) in [6.45, 7) is 11.1. The summed E-state index contributed by atoms with van der Waals surface area (Å²) >= 11 is 0. The van der Waals surface area contributed by atoms with E-state index in [4.69, 9.17) is 9.47 Å². The van der Waals surface area contributed by atoms with Gasteiger partial charge in [-0.1, -0.05) is 13.0 Å². The van der Waals surface area contributed by atoms with Crippen molar-refractivity contribution in [2.45, 2.75) is 46.6 Å². The van der Waals surface area contributed by atoms with Gasteiger partial charge in [0.05, 0.1) is 7.11 Å². The lowest BCUT2D eigenvalue weighted by molar-refractivity contribution is 0.141. The zero-order valence-corrected chi connectivity index (χ0v) is 13.6. The highest BCUT2D eigenvalue weighted by molar-refractivity contribution is 5.42. The first-order chi connectivity index (χ1) is 9.63. The number of hydrogen-bond donors (Lipinski definition) is 1. The quantitative estimate of drug-likeness (QED) is 0.698. The molecule has 3 heteroatoms. The normalized spacial score (nSPS) is 12.4. The number of ether oxygens (including phenoxy) is 2. The van der Waals surface area contributed by atoms with Crippen LogP contribution in [0.25, 0.3) is 0 Å². The molecule has 0 radical (unpaired) electrons. The Kier molecular flexibility index (Phi) is 7.63. The van der Waals surface area contributed by atoms with Crippen LogP contribution in [-0.4, -0.2) is 26.9 Å². The van der Waals surface area contributed by atoms with E-state index in [1.165, 1.54) is 16.7 Å². The van der Waals surface area contributed by atoms with Gasteiger partial charge in [-0.15, -0.1) is 0 Å². The van der Waals surface area contributed by atoms with Crippen LogP contribution in [0.2, 0.25) is 0 Å². The first kappa shape index (κ1) is 17.0. The highest BCUT2D eigenvalue weighted by Gasteiger charge is 2.14. The van der Waals surface area contributed by atoms with Crippen LogP contribution < -0.4 is 10.1 Å². The molecule has 1 aromatic rings. The molecule has 114 valence electrons. The Bertz CT molecular complexity index is 404. The molecule has 0 aromatic heterocycles. The van der Waals surface area contributed by atoms with Gasteiger partial charge in [-0.25, -0.2) is 0 Å². The van der Waals surface area contributed by atoms with E-state index < -0.39 is 0 Å². The highest BCUT2D eigenvalue weighted by Crippen LogP contribution is 2.28. The number of rotatable bonds is 9. The second-order valence-electron chi connectivity index (χ2n) is 5.13. The smallest absolute Gasteiger partial charge is 0.122 e. The van der Waals surface area contributed by atoms with Crippen LogP contribution in [0.15, 0.2) is 12.1 Å². The summed E-state index contributed by atoms with van der Waals surface area (Å²) in [7, 11) is 1.73. The van der Waals surface area contributed by atoms with E-state index in [0.29, 0.717) is 6.04 Å². The van der Waals surface area contributed by atoms with Gasteiger partial charge in [-0.05, 0) is 62.9 Å². The molecule has 0 saturated carbocycles. The predicted octanol–water partition coefficient (Wildman–Crippen LogP) is 3.78. The second-order valence-corrected chi connectivity index (χ2v) is 5.13. The first-order valence-electron chi connectivity index (χ1n) is 7.60. The van der Waals surface area contributed by atoms with Crippen molar-refractivity contribution in [1.29, 1.82) is 0 Å². The van der Waals surface area contributed by atoms with Gasteiger partial charge in [0.2, 0.25) is 0 Å². The largest absolute Gasteiger partial charge is 0.496 e. The van der Waals surface area contributed by atoms with E-state index in [2.05, 4.69) is 38.2 Å². The van der Waals surface area contributed by atoms with Gasteiger partial charge < -0.3 is 14.8 Å². The number of aryl methyl sites for hydroxylation is 2. The van der Waals surface area contributed by atoms with E-state index in [0.717, 1.165) is 38.3 Å². The molecule has 1 aromatic carbocycles. The van der Waals surface area contributed by atoms with Crippen LogP contribution >= 0.6 is 0 Å². The molecule has 0 spiro atoms. The molecule has 1 unspecified atom stereocenters. The lowest BCUT2D eigenvalue weighted by Gasteiger charge is -2.22. The van der Waals surface area contributed by atoms with E-state index in [9.17, 15) is 0 Å². The minimum absolute atomic E-state index is 0.394. The Morgan fingerprint density at radius 1 is 1.15 bits per heavy atom. The monoisotopic (exact) mass is 279 g/mol. The average Bonchev–Trinajstić information content (AvgIpc) is 2.44. The standard InChI is InChI=1S/C17H29NO2/c1-6-18-16(9-8-10-20-7-2)15-11-14(4)17(19-5)12-13(15)3/h11-12,16,18H,6-10H2,1-5H3. The SMILES string of the molecule is CCNC(CCCOCC)c1cc(C)c(OC)cc1C. The Morgan fingerprint density at radius 2 is 1.90 bits per heavy atom. The molecule has 0 heterocycles. The number of nitrogens with one attached hydrogen (secondary N) is 1. The molecule has 3 nitrogen and oxygen atoms in total. The van der Waals surface area contributed by atoms with Gasteiger partial charge in [0.15, 0.2) is 0 Å². The summed E-state index contributed by atoms with van der Waals surface area (Å²) in [5.74, 6) is 0.968. The van der Waals surface area contributed by atoms with Crippen molar-refractivity contribution < 1.29 is 9.47 Å². The van der Waals surface area contributed by atoms with Gasteiger partial charge in [-0.2, -0.15) is 0 Å². The summed E-state index contributed by atoms with van der Waals surface area (Å²) in [5.41, 5.74) is 3.86. The third-order valence-corrected chi connectivity index (χ3v) is 3.60. The minimum atomic E-state index is 0.394. The molecule has 0 aliphatic rings. The fraction of sp³-hybridized carbons (Fsp3) is 0.647. The van der Waals surface area contributed by atoms with E-state index >= 15 is 0 Å². The third kappa shape index (κ3) is 4.80. The van der Waals surface area contributed by atoms with Gasteiger partial charge in [0.1, 0.15) is 5.75 Å². The van der Waals surface area contributed by atoms with Crippen LogP contribution in [0.5, 0.6) is 5.75 Å². The lowest BCUT2D eigenvalue weighted by atomic mass is 9.95. The third-order valence-electron chi connectivity index (χ3n) is 3.60. The van der Waals surface area contributed by atoms with Gasteiger partial charge in [-0.3, -0.25) is 0 Å². The Hall–Kier alpha value is -1.06. The zero-order chi connectivity index (χ0) is 15.0. The Labute approximate surface area is 123 Å². The van der Waals surface area contributed by atoms with Crippen LogP contribution in [0.1, 0.15) is 49.4 Å². The second kappa shape index (κ2) is 8.98. The van der Waals surface area contributed by atoms with E-state index in [1.807, 2.05) is 6.92 Å². The van der Waals surface area contributed by atoms with Crippen molar-refractivity contribution in [2.75, 3.05) is 26.9 Å². The number of hydrogen-bond acceptors (Lipinski definition) is 3. The average molecular weight is 279 g/mol. The van der Waals surface area contributed by atoms with E-state index in [-0.39, 0.29) is 0 Å². The minimum Gasteiger partial charge on any atom is -0.496 e. The molecule has 0 bridgehead atoms. The topological polar surface area (TPSA) is 30.5 Å². The zero-order valence-electron chi connectivity index (χ0n) is 13.6. The van der Waals surface area contributed by atoms with Crippen molar-refractivity contribution in [1.82, 2.24) is 5.32 Å². The summed E-state index contributed by atoms with van der Waals surface area (Å²) in [6.07, 6.45) is 2.18. The molecule has 0 fully saturated rings. The molecule has 0 saturated heterocycles. The maximum Gasteiger partial charge on any atom is 0.122 e. The van der Waals surface area contributed by atoms with Crippen molar-refractivity contribution in [2.24, 2.45) is 0 Å². The van der Waals surface area contributed by atoms with Crippen molar-refractivity contribution in [3.05, 3.63) is 28.8 Å². The molecule has 1 rings (SSSR count). The van der Waals surface area contributed by atoms with Crippen LogP contribution in [-0.2, 0) is 4.74 Å². The summed E-state index contributed by atoms with van der Waals surface area (Å²) in [5, 5.41) is 3.58. The Balaban J connectivity index is 2.82. The molecule has 1 N–H and O–H groups in total. The van der Waals surface area contributed by atoms with Crippen LogP contribution in [0.3, 0.4) is 0 Å². The molecular formula is C17H29NO2. The fourth-order valence-electron chi connectivity index (χ4n) is 2.56. The van der Waals surface area contributed by atoms with Gasteiger partial charge in [0.25, 0.3) is 0 Å².